The number of halogens is 1. The number of hydrogen-bond donors (Lipinski definition) is 0. The van der Waals surface area contributed by atoms with Crippen LogP contribution < -0.4 is 0 Å². The number of aliphatic imine (C=N–C) groups is 2. The molecule has 0 aromatic heterocycles. The molecule has 0 amide bonds. The molecular formula is C9H11ClN4O2. The lowest BCUT2D eigenvalue weighted by atomic mass is 9.94. The summed E-state index contributed by atoms with van der Waals surface area (Å²) in [7, 11) is 0. The van der Waals surface area contributed by atoms with Gasteiger partial charge in [0.2, 0.25) is 0 Å². The molecular weight excluding hydrogens is 232 g/mol. The molecule has 0 radical (unpaired) electrons. The van der Waals surface area contributed by atoms with Gasteiger partial charge in [-0.3, -0.25) is 0 Å². The molecule has 0 atom stereocenters. The van der Waals surface area contributed by atoms with Crippen LogP contribution in [-0.2, 0) is 0 Å². The normalized spacial score (nSPS) is 19.9. The van der Waals surface area contributed by atoms with Crippen molar-refractivity contribution in [2.45, 2.75) is 20.3 Å². The monoisotopic (exact) mass is 242 g/mol. The quantitative estimate of drug-likeness (QED) is 0.562. The molecule has 16 heavy (non-hydrogen) atoms. The van der Waals surface area contributed by atoms with Crippen LogP contribution in [0.1, 0.15) is 20.3 Å². The second-order valence-electron chi connectivity index (χ2n) is 3.42. The van der Waals surface area contributed by atoms with Crippen molar-refractivity contribution in [2.75, 3.05) is 0 Å². The van der Waals surface area contributed by atoms with Gasteiger partial charge in [-0.15, -0.1) is 0 Å². The van der Waals surface area contributed by atoms with Crippen molar-refractivity contribution in [3.63, 3.8) is 0 Å². The molecule has 0 N–H and O–H groups in total. The van der Waals surface area contributed by atoms with Gasteiger partial charge in [0.05, 0.1) is 0 Å². The number of allylic oxidation sites excluding steroid dienone is 1. The minimum Gasteiger partial charge on any atom is -0.233 e. The molecule has 6 nitrogen and oxygen atoms in total. The fourth-order valence-corrected chi connectivity index (χ4v) is 1.59. The first-order chi connectivity index (χ1) is 7.40. The van der Waals surface area contributed by atoms with Gasteiger partial charge in [0, 0.05) is 22.4 Å². The van der Waals surface area contributed by atoms with Gasteiger partial charge >= 0.3 is 5.96 Å². The third kappa shape index (κ3) is 3.23. The second kappa shape index (κ2) is 4.98. The Balaban J connectivity index is 2.96. The average Bonchev–Trinajstić information content (AvgIpc) is 2.10. The highest BCUT2D eigenvalue weighted by atomic mass is 35.5. The maximum atomic E-state index is 10.2. The van der Waals surface area contributed by atoms with E-state index < -0.39 is 5.03 Å². The summed E-state index contributed by atoms with van der Waals surface area (Å²) in [4.78, 5) is 18.1. The molecule has 0 aromatic rings. The zero-order chi connectivity index (χ0) is 12.3. The molecule has 0 unspecified atom stereocenters. The lowest BCUT2D eigenvalue weighted by Gasteiger charge is -2.18. The number of hydrogen-bond acceptors (Lipinski definition) is 2. The second-order valence-corrected chi connectivity index (χ2v) is 3.95. The van der Waals surface area contributed by atoms with E-state index in [1.165, 1.54) is 0 Å². The Bertz CT molecular complexity index is 403. The zero-order valence-corrected chi connectivity index (χ0v) is 9.73. The van der Waals surface area contributed by atoms with Crippen molar-refractivity contribution >= 4 is 29.0 Å². The molecule has 0 bridgehead atoms. The first-order valence-electron chi connectivity index (χ1n) is 4.56. The number of nitrogens with zero attached hydrogens (tertiary/aromatic N) is 4. The van der Waals surface area contributed by atoms with E-state index in [4.69, 9.17) is 11.6 Å². The number of guanidine groups is 1. The topological polar surface area (TPSA) is 80.2 Å². The molecule has 0 spiro atoms. The van der Waals surface area contributed by atoms with Crippen LogP contribution in [0.25, 0.3) is 0 Å². The molecule has 0 aromatic carbocycles. The highest BCUT2D eigenvalue weighted by Crippen LogP contribution is 2.20. The van der Waals surface area contributed by atoms with Crippen LogP contribution in [0.2, 0.25) is 0 Å². The Kier molecular flexibility index (Phi) is 3.89. The first-order valence-corrected chi connectivity index (χ1v) is 4.94. The van der Waals surface area contributed by atoms with Crippen LogP contribution in [0.3, 0.4) is 0 Å². The summed E-state index contributed by atoms with van der Waals surface area (Å²) in [5, 5.41) is 12.9. The summed E-state index contributed by atoms with van der Waals surface area (Å²) >= 11 is 5.72. The van der Waals surface area contributed by atoms with Crippen LogP contribution in [-0.4, -0.2) is 22.4 Å². The van der Waals surface area contributed by atoms with Crippen molar-refractivity contribution in [3.05, 3.63) is 21.7 Å². The maximum absolute atomic E-state index is 10.2. The van der Waals surface area contributed by atoms with Gasteiger partial charge in [0.25, 0.3) is 0 Å². The van der Waals surface area contributed by atoms with Crippen molar-refractivity contribution in [1.82, 2.24) is 0 Å². The highest BCUT2D eigenvalue weighted by Gasteiger charge is 2.22. The van der Waals surface area contributed by atoms with Crippen molar-refractivity contribution < 1.29 is 5.03 Å². The van der Waals surface area contributed by atoms with Crippen LogP contribution in [0, 0.1) is 16.0 Å². The van der Waals surface area contributed by atoms with E-state index in [2.05, 4.69) is 21.7 Å². The van der Waals surface area contributed by atoms with Gasteiger partial charge in [-0.25, -0.2) is 20.1 Å². The molecule has 1 aliphatic heterocycles. The smallest absolute Gasteiger partial charge is 0.233 e. The molecule has 7 heteroatoms. The van der Waals surface area contributed by atoms with Crippen molar-refractivity contribution in [2.24, 2.45) is 21.0 Å². The van der Waals surface area contributed by atoms with Gasteiger partial charge in [0.1, 0.15) is 5.10 Å². The standard InChI is InChI=1S/C9H11ClN4O2/c1-5(10)4-8-6(2)11-9(12-7(8)3)13-14(15)16/h8H,1,4H2,2-3H3. The fraction of sp³-hybridized carbons (Fsp3) is 0.444. The molecule has 1 aliphatic rings. The van der Waals surface area contributed by atoms with Crippen molar-refractivity contribution in [3.8, 4) is 0 Å². The van der Waals surface area contributed by atoms with Crippen molar-refractivity contribution in [1.29, 1.82) is 0 Å². The van der Waals surface area contributed by atoms with E-state index in [1.54, 1.807) is 13.8 Å². The molecule has 0 fully saturated rings. The molecule has 86 valence electrons. The molecule has 0 aliphatic carbocycles. The van der Waals surface area contributed by atoms with E-state index in [1.807, 2.05) is 0 Å². The van der Waals surface area contributed by atoms with Gasteiger partial charge < -0.3 is 0 Å². The SMILES string of the molecule is C=C(Cl)CC1C(C)=NC(=N[N+](=O)[O-])N=C1C. The Morgan fingerprint density at radius 2 is 2.06 bits per heavy atom. The minimum atomic E-state index is -0.816. The highest BCUT2D eigenvalue weighted by molar-refractivity contribution is 6.30. The Labute approximate surface area is 97.6 Å². The van der Waals surface area contributed by atoms with Crippen LogP contribution in [0.4, 0.5) is 0 Å². The first kappa shape index (κ1) is 12.5. The van der Waals surface area contributed by atoms with E-state index in [9.17, 15) is 10.1 Å². The van der Waals surface area contributed by atoms with E-state index in [0.29, 0.717) is 22.9 Å². The minimum absolute atomic E-state index is 0.0456. The summed E-state index contributed by atoms with van der Waals surface area (Å²) in [6, 6.07) is 0. The number of rotatable bonds is 3. The summed E-state index contributed by atoms with van der Waals surface area (Å²) in [5.74, 6) is -0.174. The number of nitro groups is 1. The maximum Gasteiger partial charge on any atom is 0.320 e. The van der Waals surface area contributed by atoms with Gasteiger partial charge in [-0.2, -0.15) is 0 Å². The summed E-state index contributed by atoms with van der Waals surface area (Å²) < 4.78 is 0. The third-order valence-electron chi connectivity index (χ3n) is 2.16. The van der Waals surface area contributed by atoms with E-state index in [-0.39, 0.29) is 11.9 Å². The predicted molar refractivity (Wildman–Crippen MR) is 63.7 cm³/mol. The largest absolute Gasteiger partial charge is 0.320 e. The van der Waals surface area contributed by atoms with E-state index in [0.717, 1.165) is 0 Å². The van der Waals surface area contributed by atoms with Crippen LogP contribution in [0.15, 0.2) is 26.7 Å². The fourth-order valence-electron chi connectivity index (χ4n) is 1.43. The molecule has 1 rings (SSSR count). The Morgan fingerprint density at radius 3 is 2.44 bits per heavy atom. The van der Waals surface area contributed by atoms with E-state index >= 15 is 0 Å². The third-order valence-corrected chi connectivity index (χ3v) is 2.31. The van der Waals surface area contributed by atoms with Gasteiger partial charge in [-0.1, -0.05) is 18.2 Å². The number of hydrazone groups is 1. The Morgan fingerprint density at radius 1 is 1.56 bits per heavy atom. The lowest BCUT2D eigenvalue weighted by molar-refractivity contribution is -0.485. The average molecular weight is 243 g/mol. The zero-order valence-electron chi connectivity index (χ0n) is 8.97. The van der Waals surface area contributed by atoms with Crippen LogP contribution >= 0.6 is 11.6 Å². The summed E-state index contributed by atoms with van der Waals surface area (Å²) in [5.41, 5.74) is 1.41. The van der Waals surface area contributed by atoms with Crippen LogP contribution in [0.5, 0.6) is 0 Å². The summed E-state index contributed by atoms with van der Waals surface area (Å²) in [6.45, 7) is 7.13. The van der Waals surface area contributed by atoms with Gasteiger partial charge in [0.15, 0.2) is 5.03 Å². The Hall–Kier alpha value is -1.56. The molecule has 0 saturated carbocycles. The van der Waals surface area contributed by atoms with Gasteiger partial charge in [-0.05, 0) is 20.3 Å². The lowest BCUT2D eigenvalue weighted by Crippen LogP contribution is -2.26. The summed E-state index contributed by atoms with van der Waals surface area (Å²) in [6.07, 6.45) is 0.526. The predicted octanol–water partition coefficient (Wildman–Crippen LogP) is 2.23. The molecule has 1 heterocycles. The molecule has 0 saturated heterocycles.